The maximum absolute atomic E-state index is 13.9. The minimum absolute atomic E-state index is 0.0288. The van der Waals surface area contributed by atoms with Crippen LogP contribution in [0.5, 0.6) is 0 Å². The lowest BCUT2D eigenvalue weighted by molar-refractivity contribution is -0.132. The van der Waals surface area contributed by atoms with Gasteiger partial charge >= 0.3 is 0 Å². The molecular weight excluding hydrogens is 426 g/mol. The highest BCUT2D eigenvalue weighted by molar-refractivity contribution is 6.32. The minimum Gasteiger partial charge on any atom is -0.323 e. The molecule has 2 aromatic carbocycles. The third-order valence-electron chi connectivity index (χ3n) is 6.36. The van der Waals surface area contributed by atoms with Crippen LogP contribution in [0.15, 0.2) is 53.3 Å². The predicted octanol–water partition coefficient (Wildman–Crippen LogP) is 4.57. The molecule has 1 heterocycles. The van der Waals surface area contributed by atoms with Gasteiger partial charge in [-0.2, -0.15) is 5.10 Å². The maximum Gasteiger partial charge on any atom is 0.275 e. The maximum atomic E-state index is 13.9. The van der Waals surface area contributed by atoms with Crippen molar-refractivity contribution in [2.24, 2.45) is 0 Å². The summed E-state index contributed by atoms with van der Waals surface area (Å²) < 4.78 is 1.34. The normalized spacial score (nSPS) is 18.7. The van der Waals surface area contributed by atoms with Crippen LogP contribution in [0.3, 0.4) is 0 Å². The number of amides is 1. The quantitative estimate of drug-likeness (QED) is 0.569. The van der Waals surface area contributed by atoms with Crippen molar-refractivity contribution >= 4 is 34.1 Å². The van der Waals surface area contributed by atoms with E-state index < -0.39 is 11.4 Å². The molecule has 4 rings (SSSR count). The van der Waals surface area contributed by atoms with E-state index in [2.05, 4.69) is 5.10 Å². The summed E-state index contributed by atoms with van der Waals surface area (Å²) in [4.78, 5) is 41.7. The van der Waals surface area contributed by atoms with E-state index in [1.165, 1.54) is 9.58 Å². The van der Waals surface area contributed by atoms with E-state index in [4.69, 9.17) is 11.6 Å². The lowest BCUT2D eigenvalue weighted by Crippen LogP contribution is -2.54. The molecule has 1 aromatic heterocycles. The number of ketones is 1. The summed E-state index contributed by atoms with van der Waals surface area (Å²) in [6, 6.07) is 14.2. The van der Waals surface area contributed by atoms with Gasteiger partial charge in [-0.1, -0.05) is 54.9 Å². The number of Topliss-reactive ketones (excluding diaryl/α,β-unsaturated/α-hetero) is 1. The molecule has 1 amide bonds. The molecule has 0 bridgehead atoms. The molecule has 166 valence electrons. The van der Waals surface area contributed by atoms with Crippen LogP contribution in [-0.4, -0.2) is 33.4 Å². The van der Waals surface area contributed by atoms with Crippen molar-refractivity contribution in [3.05, 3.63) is 75.2 Å². The van der Waals surface area contributed by atoms with Gasteiger partial charge in [-0.15, -0.1) is 0 Å². The summed E-state index contributed by atoms with van der Waals surface area (Å²) in [7, 11) is 1.64. The van der Waals surface area contributed by atoms with Crippen LogP contribution in [0, 0.1) is 0 Å². The van der Waals surface area contributed by atoms with Gasteiger partial charge in [0.25, 0.3) is 11.5 Å². The van der Waals surface area contributed by atoms with Crippen LogP contribution in [0.25, 0.3) is 10.8 Å². The van der Waals surface area contributed by atoms with Gasteiger partial charge in [0.1, 0.15) is 5.54 Å². The van der Waals surface area contributed by atoms with Gasteiger partial charge in [0.05, 0.1) is 5.39 Å². The van der Waals surface area contributed by atoms with E-state index in [1.54, 1.807) is 37.4 Å². The number of carbonyl (C=O) groups excluding carboxylic acids is 2. The first kappa shape index (κ1) is 22.2. The molecular formula is C25H26ClN3O3. The molecule has 0 N–H and O–H groups in total. The average Bonchev–Trinajstić information content (AvgIpc) is 2.81. The van der Waals surface area contributed by atoms with Crippen LogP contribution in [0.4, 0.5) is 0 Å². The zero-order chi connectivity index (χ0) is 22.9. The summed E-state index contributed by atoms with van der Waals surface area (Å²) in [5.74, 6) is -0.430. The molecule has 6 nitrogen and oxygen atoms in total. The summed E-state index contributed by atoms with van der Waals surface area (Å²) in [5.41, 5.74) is -0.590. The fraction of sp³-hybridized carbons (Fsp3) is 0.360. The van der Waals surface area contributed by atoms with Gasteiger partial charge in [0.15, 0.2) is 11.5 Å². The number of aromatic nitrogens is 2. The van der Waals surface area contributed by atoms with Crippen molar-refractivity contribution in [2.75, 3.05) is 7.05 Å². The summed E-state index contributed by atoms with van der Waals surface area (Å²) in [6.07, 6.45) is 3.17. The van der Waals surface area contributed by atoms with Crippen molar-refractivity contribution in [2.45, 2.75) is 51.1 Å². The molecule has 7 heteroatoms. The third kappa shape index (κ3) is 3.52. The Labute approximate surface area is 191 Å². The van der Waals surface area contributed by atoms with Crippen LogP contribution in [0.1, 0.15) is 55.1 Å². The van der Waals surface area contributed by atoms with E-state index in [9.17, 15) is 14.4 Å². The largest absolute Gasteiger partial charge is 0.323 e. The molecule has 0 unspecified atom stereocenters. The van der Waals surface area contributed by atoms with Crippen molar-refractivity contribution in [3.63, 3.8) is 0 Å². The highest BCUT2D eigenvalue weighted by Gasteiger charge is 2.48. The molecule has 1 fully saturated rings. The van der Waals surface area contributed by atoms with E-state index in [0.717, 1.165) is 12.8 Å². The predicted molar refractivity (Wildman–Crippen MR) is 125 cm³/mol. The Morgan fingerprint density at radius 2 is 1.78 bits per heavy atom. The molecule has 1 atom stereocenters. The molecule has 1 saturated carbocycles. The molecule has 1 aliphatic rings. The number of rotatable bonds is 5. The Morgan fingerprint density at radius 3 is 2.47 bits per heavy atom. The Bertz CT molecular complexity index is 1250. The van der Waals surface area contributed by atoms with Crippen molar-refractivity contribution in [1.82, 2.24) is 14.7 Å². The van der Waals surface area contributed by atoms with E-state index >= 15 is 0 Å². The summed E-state index contributed by atoms with van der Waals surface area (Å²) in [6.45, 7) is 2.35. The molecule has 32 heavy (non-hydrogen) atoms. The standard InChI is InChI=1S/C25H26ClN3O3/c1-3-16-29-23(31)18-11-5-4-10-17(18)22(27-29)24(32)28(2)25(15-9-8-14-21(25)30)19-12-6-7-13-20(19)26/h4-7,10-13H,3,8-9,14-16H2,1-2H3/t25-/m1/s1. The number of aryl methyl sites for hydroxylation is 1. The Balaban J connectivity index is 1.91. The van der Waals surface area contributed by atoms with Crippen molar-refractivity contribution in [3.8, 4) is 0 Å². The second-order valence-electron chi connectivity index (χ2n) is 8.26. The second kappa shape index (κ2) is 8.87. The van der Waals surface area contributed by atoms with Gasteiger partial charge in [-0.25, -0.2) is 4.68 Å². The summed E-state index contributed by atoms with van der Waals surface area (Å²) in [5, 5.41) is 5.83. The Kier molecular flexibility index (Phi) is 6.15. The highest BCUT2D eigenvalue weighted by Crippen LogP contribution is 2.42. The number of nitrogens with zero attached hydrogens (tertiary/aromatic N) is 3. The first-order chi connectivity index (χ1) is 15.4. The van der Waals surface area contributed by atoms with Crippen LogP contribution in [-0.2, 0) is 16.9 Å². The number of hydrogen-bond donors (Lipinski definition) is 0. The van der Waals surface area contributed by atoms with Gasteiger partial charge in [0.2, 0.25) is 0 Å². The smallest absolute Gasteiger partial charge is 0.275 e. The Hall–Kier alpha value is -2.99. The average molecular weight is 452 g/mol. The number of fused-ring (bicyclic) bond motifs is 1. The number of benzene rings is 2. The van der Waals surface area contributed by atoms with E-state index in [1.807, 2.05) is 25.1 Å². The topological polar surface area (TPSA) is 72.3 Å². The fourth-order valence-electron chi connectivity index (χ4n) is 4.72. The van der Waals surface area contributed by atoms with Gasteiger partial charge in [0, 0.05) is 36.0 Å². The molecule has 0 spiro atoms. The van der Waals surface area contributed by atoms with Gasteiger partial charge < -0.3 is 4.90 Å². The lowest BCUT2D eigenvalue weighted by Gasteiger charge is -2.43. The number of likely N-dealkylation sites (N-methyl/N-ethyl adjacent to an activating group) is 1. The molecule has 1 aliphatic carbocycles. The first-order valence-corrected chi connectivity index (χ1v) is 11.4. The van der Waals surface area contributed by atoms with Gasteiger partial charge in [-0.05, 0) is 37.8 Å². The number of halogens is 1. The fourth-order valence-corrected chi connectivity index (χ4v) is 5.01. The SMILES string of the molecule is CCCn1nc(C(=O)N(C)[C@@]2(c3ccccc3Cl)CCCCC2=O)c2ccccc2c1=O. The minimum atomic E-state index is -1.16. The van der Waals surface area contributed by atoms with Crippen LogP contribution >= 0.6 is 11.6 Å². The third-order valence-corrected chi connectivity index (χ3v) is 6.69. The number of hydrogen-bond acceptors (Lipinski definition) is 4. The van der Waals surface area contributed by atoms with Crippen molar-refractivity contribution in [1.29, 1.82) is 0 Å². The first-order valence-electron chi connectivity index (χ1n) is 11.0. The van der Waals surface area contributed by atoms with Crippen LogP contribution < -0.4 is 5.56 Å². The van der Waals surface area contributed by atoms with Crippen molar-refractivity contribution < 1.29 is 9.59 Å². The second-order valence-corrected chi connectivity index (χ2v) is 8.66. The molecule has 0 aliphatic heterocycles. The molecule has 0 radical (unpaired) electrons. The van der Waals surface area contributed by atoms with E-state index in [0.29, 0.717) is 47.2 Å². The molecule has 3 aromatic rings. The zero-order valence-corrected chi connectivity index (χ0v) is 19.1. The Morgan fingerprint density at radius 1 is 1.09 bits per heavy atom. The number of carbonyl (C=O) groups is 2. The lowest BCUT2D eigenvalue weighted by atomic mass is 9.74. The zero-order valence-electron chi connectivity index (χ0n) is 18.3. The summed E-state index contributed by atoms with van der Waals surface area (Å²) >= 11 is 6.54. The van der Waals surface area contributed by atoms with Crippen LogP contribution in [0.2, 0.25) is 5.02 Å². The van der Waals surface area contributed by atoms with E-state index in [-0.39, 0.29) is 17.0 Å². The monoisotopic (exact) mass is 451 g/mol. The van der Waals surface area contributed by atoms with Gasteiger partial charge in [-0.3, -0.25) is 14.4 Å². The molecule has 0 saturated heterocycles. The highest BCUT2D eigenvalue weighted by atomic mass is 35.5.